The number of carbonyl (C=O) groups excluding carboxylic acids is 1. The zero-order chi connectivity index (χ0) is 12.3. The monoisotopic (exact) mass is 230 g/mol. The lowest BCUT2D eigenvalue weighted by atomic mass is 9.94. The number of carbonyl (C=O) groups is 1. The van der Waals surface area contributed by atoms with Crippen LogP contribution in [0.1, 0.15) is 43.7 Å². The fourth-order valence-corrected chi connectivity index (χ4v) is 2.79. The van der Waals surface area contributed by atoms with Crippen molar-refractivity contribution in [1.82, 2.24) is 0 Å². The topological polar surface area (TPSA) is 17.1 Å². The Morgan fingerprint density at radius 3 is 2.53 bits per heavy atom. The minimum Gasteiger partial charge on any atom is -0.299 e. The molecule has 0 aromatic heterocycles. The molecule has 0 saturated heterocycles. The molecule has 17 heavy (non-hydrogen) atoms. The van der Waals surface area contributed by atoms with Crippen LogP contribution in [0.25, 0.3) is 0 Å². The van der Waals surface area contributed by atoms with E-state index in [0.29, 0.717) is 18.1 Å². The Hall–Kier alpha value is -1.11. The highest BCUT2D eigenvalue weighted by atomic mass is 16.1. The summed E-state index contributed by atoms with van der Waals surface area (Å²) in [6.07, 6.45) is 5.35. The molecule has 2 atom stereocenters. The van der Waals surface area contributed by atoms with Crippen LogP contribution in [-0.4, -0.2) is 5.78 Å². The van der Waals surface area contributed by atoms with E-state index in [1.54, 1.807) is 0 Å². The molecule has 2 unspecified atom stereocenters. The van der Waals surface area contributed by atoms with E-state index in [9.17, 15) is 4.79 Å². The van der Waals surface area contributed by atoms with E-state index in [1.807, 2.05) is 0 Å². The molecule has 1 saturated carbocycles. The lowest BCUT2D eigenvalue weighted by Gasteiger charge is -2.09. The molecular weight excluding hydrogens is 208 g/mol. The lowest BCUT2D eigenvalue weighted by molar-refractivity contribution is -0.122. The summed E-state index contributed by atoms with van der Waals surface area (Å²) in [5, 5.41) is 0. The van der Waals surface area contributed by atoms with Crippen molar-refractivity contribution >= 4 is 5.78 Å². The van der Waals surface area contributed by atoms with Crippen molar-refractivity contribution in [3.05, 3.63) is 35.4 Å². The molecule has 0 heterocycles. The van der Waals surface area contributed by atoms with Gasteiger partial charge in [-0.2, -0.15) is 0 Å². The number of hydrogen-bond acceptors (Lipinski definition) is 1. The van der Waals surface area contributed by atoms with Gasteiger partial charge in [0.15, 0.2) is 0 Å². The second kappa shape index (κ2) is 5.48. The Kier molecular flexibility index (Phi) is 3.98. The van der Waals surface area contributed by atoms with Crippen molar-refractivity contribution < 1.29 is 4.79 Å². The number of benzene rings is 1. The van der Waals surface area contributed by atoms with E-state index in [4.69, 9.17) is 0 Å². The van der Waals surface area contributed by atoms with Crippen molar-refractivity contribution in [3.63, 3.8) is 0 Å². The van der Waals surface area contributed by atoms with Crippen LogP contribution >= 0.6 is 0 Å². The second-order valence-corrected chi connectivity index (χ2v) is 5.41. The van der Waals surface area contributed by atoms with Gasteiger partial charge in [0.2, 0.25) is 0 Å². The van der Waals surface area contributed by atoms with Gasteiger partial charge < -0.3 is 0 Å². The molecule has 1 aromatic rings. The van der Waals surface area contributed by atoms with Crippen LogP contribution in [0.3, 0.4) is 0 Å². The molecule has 1 aromatic carbocycles. The van der Waals surface area contributed by atoms with Crippen LogP contribution in [0, 0.1) is 18.8 Å². The normalized spacial score (nSPS) is 23.9. The third-order valence-electron chi connectivity index (χ3n) is 4.07. The summed E-state index contributed by atoms with van der Waals surface area (Å²) >= 11 is 0. The molecule has 0 aliphatic heterocycles. The molecule has 1 aliphatic carbocycles. The van der Waals surface area contributed by atoms with E-state index in [1.165, 1.54) is 24.0 Å². The van der Waals surface area contributed by atoms with Crippen molar-refractivity contribution in [2.45, 2.75) is 46.0 Å². The van der Waals surface area contributed by atoms with Crippen LogP contribution < -0.4 is 0 Å². The Bertz CT molecular complexity index is 377. The molecule has 1 heteroatoms. The standard InChI is InChI=1S/C16H22O/c1-3-13-8-9-15(10-13)16(17)11-14-6-4-12(2)5-7-14/h4-7,13,15H,3,8-11H2,1-2H3. The molecule has 1 aliphatic rings. The third-order valence-corrected chi connectivity index (χ3v) is 4.07. The summed E-state index contributed by atoms with van der Waals surface area (Å²) in [4.78, 5) is 12.2. The molecule has 0 radical (unpaired) electrons. The van der Waals surface area contributed by atoms with Gasteiger partial charge in [0, 0.05) is 12.3 Å². The van der Waals surface area contributed by atoms with E-state index in [0.717, 1.165) is 18.8 Å². The first-order valence-electron chi connectivity index (χ1n) is 6.77. The molecule has 1 fully saturated rings. The highest BCUT2D eigenvalue weighted by Gasteiger charge is 2.28. The van der Waals surface area contributed by atoms with Crippen LogP contribution in [0.4, 0.5) is 0 Å². The van der Waals surface area contributed by atoms with E-state index in [2.05, 4.69) is 38.1 Å². The quantitative estimate of drug-likeness (QED) is 0.766. The molecule has 2 rings (SSSR count). The average Bonchev–Trinajstić information content (AvgIpc) is 2.81. The maximum atomic E-state index is 12.2. The SMILES string of the molecule is CCC1CCC(C(=O)Cc2ccc(C)cc2)C1. The minimum atomic E-state index is 0.334. The van der Waals surface area contributed by atoms with Crippen molar-refractivity contribution in [3.8, 4) is 0 Å². The Morgan fingerprint density at radius 2 is 1.94 bits per heavy atom. The number of Topliss-reactive ketones (excluding diaryl/α,β-unsaturated/α-hetero) is 1. The fourth-order valence-electron chi connectivity index (χ4n) is 2.79. The summed E-state index contributed by atoms with van der Waals surface area (Å²) in [6, 6.07) is 8.34. The number of aryl methyl sites for hydroxylation is 1. The maximum Gasteiger partial charge on any atom is 0.140 e. The largest absolute Gasteiger partial charge is 0.299 e. The summed E-state index contributed by atoms with van der Waals surface area (Å²) in [5.41, 5.74) is 2.42. The van der Waals surface area contributed by atoms with E-state index in [-0.39, 0.29) is 0 Å². The van der Waals surface area contributed by atoms with Gasteiger partial charge in [-0.1, -0.05) is 43.2 Å². The summed E-state index contributed by atoms with van der Waals surface area (Å²) in [5.74, 6) is 1.58. The van der Waals surface area contributed by atoms with Crippen molar-refractivity contribution in [1.29, 1.82) is 0 Å². The van der Waals surface area contributed by atoms with E-state index < -0.39 is 0 Å². The van der Waals surface area contributed by atoms with Crippen LogP contribution in [-0.2, 0) is 11.2 Å². The van der Waals surface area contributed by atoms with Crippen molar-refractivity contribution in [2.75, 3.05) is 0 Å². The fraction of sp³-hybridized carbons (Fsp3) is 0.562. The van der Waals surface area contributed by atoms with Crippen molar-refractivity contribution in [2.24, 2.45) is 11.8 Å². The molecule has 0 N–H and O–H groups in total. The summed E-state index contributed by atoms with van der Waals surface area (Å²) < 4.78 is 0. The first-order valence-corrected chi connectivity index (χ1v) is 6.77. The highest BCUT2D eigenvalue weighted by molar-refractivity contribution is 5.83. The van der Waals surface area contributed by atoms with Gasteiger partial charge in [0.05, 0.1) is 0 Å². The zero-order valence-corrected chi connectivity index (χ0v) is 10.9. The zero-order valence-electron chi connectivity index (χ0n) is 10.9. The van der Waals surface area contributed by atoms with Gasteiger partial charge in [-0.05, 0) is 37.7 Å². The van der Waals surface area contributed by atoms with Gasteiger partial charge in [0.25, 0.3) is 0 Å². The molecule has 92 valence electrons. The number of rotatable bonds is 4. The maximum absolute atomic E-state index is 12.2. The Morgan fingerprint density at radius 1 is 1.24 bits per heavy atom. The van der Waals surface area contributed by atoms with Crippen LogP contribution in [0.5, 0.6) is 0 Å². The van der Waals surface area contributed by atoms with E-state index >= 15 is 0 Å². The van der Waals surface area contributed by atoms with Gasteiger partial charge >= 0.3 is 0 Å². The first kappa shape index (κ1) is 12.3. The summed E-state index contributed by atoms with van der Waals surface area (Å²) in [6.45, 7) is 4.31. The molecule has 1 nitrogen and oxygen atoms in total. The molecule has 0 bridgehead atoms. The van der Waals surface area contributed by atoms with Gasteiger partial charge in [-0.15, -0.1) is 0 Å². The number of ketones is 1. The second-order valence-electron chi connectivity index (χ2n) is 5.41. The minimum absolute atomic E-state index is 0.334. The predicted octanol–water partition coefficient (Wildman–Crippen LogP) is 3.93. The Balaban J connectivity index is 1.91. The lowest BCUT2D eigenvalue weighted by Crippen LogP contribution is -2.14. The summed E-state index contributed by atoms with van der Waals surface area (Å²) in [7, 11) is 0. The van der Waals surface area contributed by atoms with Gasteiger partial charge in [-0.25, -0.2) is 0 Å². The number of hydrogen-bond donors (Lipinski definition) is 0. The smallest absolute Gasteiger partial charge is 0.140 e. The third kappa shape index (κ3) is 3.18. The Labute approximate surface area is 104 Å². The highest BCUT2D eigenvalue weighted by Crippen LogP contribution is 2.33. The van der Waals surface area contributed by atoms with Gasteiger partial charge in [0.1, 0.15) is 5.78 Å². The van der Waals surface area contributed by atoms with Crippen LogP contribution in [0.15, 0.2) is 24.3 Å². The van der Waals surface area contributed by atoms with Gasteiger partial charge in [-0.3, -0.25) is 4.79 Å². The average molecular weight is 230 g/mol. The first-order chi connectivity index (χ1) is 8.19. The predicted molar refractivity (Wildman–Crippen MR) is 71.0 cm³/mol. The molecule has 0 spiro atoms. The molecular formula is C16H22O. The molecule has 0 amide bonds. The van der Waals surface area contributed by atoms with Crippen LogP contribution in [0.2, 0.25) is 0 Å².